The van der Waals surface area contributed by atoms with E-state index in [1.54, 1.807) is 0 Å². The van der Waals surface area contributed by atoms with Crippen LogP contribution in [0.4, 0.5) is 0 Å². The summed E-state index contributed by atoms with van der Waals surface area (Å²) in [6.07, 6.45) is -0.354. The van der Waals surface area contributed by atoms with Gasteiger partial charge in [-0.05, 0) is 82.9 Å². The highest BCUT2D eigenvalue weighted by atomic mass is 15.1. The summed E-state index contributed by atoms with van der Waals surface area (Å²) in [6, 6.07) is 58.6. The number of hydrogen-bond donors (Lipinski definition) is 2. The molecule has 0 heterocycles. The predicted octanol–water partition coefficient (Wildman–Crippen LogP) is 11.3. The number of nitrogens with one attached hydrogen (secondary N) is 1. The molecule has 3 heteroatoms. The highest BCUT2D eigenvalue weighted by molar-refractivity contribution is 6.20. The number of hydrogen-bond acceptors (Lipinski definition) is 2. The van der Waals surface area contributed by atoms with Crippen molar-refractivity contribution in [1.82, 2.24) is 5.32 Å². The Hall–Kier alpha value is -6.03. The van der Waals surface area contributed by atoms with Crippen LogP contribution < -0.4 is 11.1 Å². The second-order valence-corrected chi connectivity index (χ2v) is 14.1. The van der Waals surface area contributed by atoms with E-state index >= 15 is 0 Å². The van der Waals surface area contributed by atoms with E-state index in [2.05, 4.69) is 177 Å². The molecule has 1 unspecified atom stereocenters. The third-order valence-electron chi connectivity index (χ3n) is 10.8. The van der Waals surface area contributed by atoms with Gasteiger partial charge >= 0.3 is 0 Å². The molecule has 0 saturated heterocycles. The van der Waals surface area contributed by atoms with Gasteiger partial charge in [0.25, 0.3) is 0 Å². The Balaban J connectivity index is 1.14. The zero-order valence-electron chi connectivity index (χ0n) is 28.9. The van der Waals surface area contributed by atoms with Crippen LogP contribution in [-0.2, 0) is 12.0 Å². The molecular weight excluding hydrogens is 619 g/mol. The minimum Gasteiger partial charge on any atom is -0.383 e. The average Bonchev–Trinajstić information content (AvgIpc) is 3.42. The van der Waals surface area contributed by atoms with Crippen LogP contribution in [0.3, 0.4) is 0 Å². The summed E-state index contributed by atoms with van der Waals surface area (Å²) in [5, 5.41) is 11.3. The van der Waals surface area contributed by atoms with E-state index in [0.717, 1.165) is 11.1 Å². The van der Waals surface area contributed by atoms with Gasteiger partial charge in [0.15, 0.2) is 0 Å². The fourth-order valence-corrected chi connectivity index (χ4v) is 8.29. The topological polar surface area (TPSA) is 50.4 Å². The summed E-state index contributed by atoms with van der Waals surface area (Å²) in [5.74, 6) is 0.529. The van der Waals surface area contributed by atoms with E-state index in [0.29, 0.717) is 12.4 Å². The number of rotatable bonds is 7. The van der Waals surface area contributed by atoms with E-state index in [9.17, 15) is 0 Å². The van der Waals surface area contributed by atoms with Crippen LogP contribution in [0.15, 0.2) is 169 Å². The number of fused-ring (bicyclic) bond motifs is 7. The zero-order chi connectivity index (χ0) is 34.5. The van der Waals surface area contributed by atoms with Gasteiger partial charge in [0.1, 0.15) is 12.0 Å². The molecule has 8 aromatic carbocycles. The van der Waals surface area contributed by atoms with Crippen LogP contribution in [0.5, 0.6) is 0 Å². The van der Waals surface area contributed by atoms with Gasteiger partial charge in [0, 0.05) is 17.5 Å². The van der Waals surface area contributed by atoms with Crippen LogP contribution in [0.1, 0.15) is 47.8 Å². The molecule has 1 aliphatic carbocycles. The Morgan fingerprint density at radius 1 is 0.569 bits per heavy atom. The third kappa shape index (κ3) is 5.21. The van der Waals surface area contributed by atoms with Crippen molar-refractivity contribution >= 4 is 38.2 Å². The van der Waals surface area contributed by atoms with Gasteiger partial charge in [0.05, 0.1) is 0 Å². The molecule has 0 radical (unpaired) electrons. The number of nitrogens with two attached hydrogens (primary N) is 1. The summed E-state index contributed by atoms with van der Waals surface area (Å²) in [5.41, 5.74) is 17.7. The van der Waals surface area contributed by atoms with E-state index < -0.39 is 0 Å². The molecule has 9 rings (SSSR count). The van der Waals surface area contributed by atoms with Gasteiger partial charge in [-0.2, -0.15) is 0 Å². The van der Waals surface area contributed by atoms with Gasteiger partial charge in [-0.1, -0.05) is 172 Å². The minimum atomic E-state index is -0.354. The van der Waals surface area contributed by atoms with Crippen LogP contribution >= 0.6 is 0 Å². The fraction of sp³-hybridized carbons (Fsp3) is 0.104. The first kappa shape index (κ1) is 31.0. The smallest absolute Gasteiger partial charge is 0.128 e. The van der Waals surface area contributed by atoms with E-state index in [1.807, 2.05) is 6.07 Å². The molecule has 8 aromatic rings. The first-order chi connectivity index (χ1) is 25.0. The van der Waals surface area contributed by atoms with Crippen molar-refractivity contribution in [1.29, 1.82) is 0 Å². The maximum atomic E-state index is 7.02. The predicted molar refractivity (Wildman–Crippen MR) is 215 cm³/mol. The monoisotopic (exact) mass is 657 g/mol. The van der Waals surface area contributed by atoms with Crippen molar-refractivity contribution in [3.63, 3.8) is 0 Å². The van der Waals surface area contributed by atoms with Crippen LogP contribution in [-0.4, -0.2) is 5.84 Å². The molecule has 51 heavy (non-hydrogen) atoms. The number of nitrogens with zero attached hydrogens (tertiary/aromatic N) is 1. The number of aliphatic imine (C=N–C) groups is 1. The quantitative estimate of drug-likeness (QED) is 0.0775. The largest absolute Gasteiger partial charge is 0.383 e. The van der Waals surface area contributed by atoms with Gasteiger partial charge in [0.2, 0.25) is 0 Å². The Morgan fingerprint density at radius 3 is 2.08 bits per heavy atom. The summed E-state index contributed by atoms with van der Waals surface area (Å²) >= 11 is 0. The van der Waals surface area contributed by atoms with E-state index in [-0.39, 0.29) is 11.6 Å². The second kappa shape index (κ2) is 12.4. The maximum absolute atomic E-state index is 7.02. The van der Waals surface area contributed by atoms with Crippen molar-refractivity contribution in [3.05, 3.63) is 192 Å². The fourth-order valence-electron chi connectivity index (χ4n) is 8.29. The molecule has 0 bridgehead atoms. The molecule has 0 amide bonds. The van der Waals surface area contributed by atoms with Crippen molar-refractivity contribution < 1.29 is 0 Å². The first-order valence-corrected chi connectivity index (χ1v) is 17.8. The summed E-state index contributed by atoms with van der Waals surface area (Å²) < 4.78 is 0. The average molecular weight is 658 g/mol. The molecule has 0 aromatic heterocycles. The van der Waals surface area contributed by atoms with Crippen molar-refractivity contribution in [2.45, 2.75) is 32.0 Å². The lowest BCUT2D eigenvalue weighted by Gasteiger charge is -2.22. The van der Waals surface area contributed by atoms with E-state index in [1.165, 1.54) is 71.3 Å². The molecule has 1 aliphatic rings. The Bertz CT molecular complexity index is 2630. The second-order valence-electron chi connectivity index (χ2n) is 14.1. The lowest BCUT2D eigenvalue weighted by Crippen LogP contribution is -2.24. The lowest BCUT2D eigenvalue weighted by molar-refractivity contribution is 0.555. The van der Waals surface area contributed by atoms with Gasteiger partial charge < -0.3 is 5.73 Å². The summed E-state index contributed by atoms with van der Waals surface area (Å²) in [4.78, 5) is 5.25. The van der Waals surface area contributed by atoms with Crippen molar-refractivity contribution in [2.24, 2.45) is 10.7 Å². The highest BCUT2D eigenvalue weighted by Crippen LogP contribution is 2.50. The van der Waals surface area contributed by atoms with Crippen LogP contribution in [0, 0.1) is 0 Å². The molecule has 246 valence electrons. The SMILES string of the molecule is CC1(C)c2ccccc2-c2c(C(N)=NC(NCc3ccccc3-c3c4ccccc4cc4c3ccc3ccccc34)c3ccccc3)cccc21. The zero-order valence-corrected chi connectivity index (χ0v) is 28.9. The Kier molecular flexibility index (Phi) is 7.52. The molecule has 1 atom stereocenters. The van der Waals surface area contributed by atoms with Crippen molar-refractivity contribution in [2.75, 3.05) is 0 Å². The standard InChI is InChI=1S/C48H39N3/c1-48(2)42-25-13-12-23-39(42)45-40(24-14-26-43(45)48)46(49)51-47(32-16-4-3-5-17-32)50-30-34-19-8-11-22-37(34)44-36-21-10-7-18-33(36)29-41-35-20-9-6-15-31(35)27-28-38(41)44/h3-29,47,50H,30H2,1-2H3,(H2,49,51). The molecule has 0 fully saturated rings. The summed E-state index contributed by atoms with van der Waals surface area (Å²) in [7, 11) is 0. The molecular formula is C48H39N3. The van der Waals surface area contributed by atoms with E-state index in [4.69, 9.17) is 10.7 Å². The van der Waals surface area contributed by atoms with Crippen molar-refractivity contribution in [3.8, 4) is 22.3 Å². The van der Waals surface area contributed by atoms with Gasteiger partial charge in [-0.25, -0.2) is 4.99 Å². The Morgan fingerprint density at radius 2 is 1.24 bits per heavy atom. The Labute approximate surface area is 299 Å². The highest BCUT2D eigenvalue weighted by Gasteiger charge is 2.36. The first-order valence-electron chi connectivity index (χ1n) is 17.8. The normalized spacial score (nSPS) is 14.1. The van der Waals surface area contributed by atoms with Gasteiger partial charge in [-0.15, -0.1) is 0 Å². The maximum Gasteiger partial charge on any atom is 0.128 e. The van der Waals surface area contributed by atoms with Crippen LogP contribution in [0.25, 0.3) is 54.6 Å². The lowest BCUT2D eigenvalue weighted by atomic mass is 9.82. The third-order valence-corrected chi connectivity index (χ3v) is 10.8. The number of benzene rings is 8. The van der Waals surface area contributed by atoms with Gasteiger partial charge in [-0.3, -0.25) is 5.32 Å². The van der Waals surface area contributed by atoms with Crippen LogP contribution in [0.2, 0.25) is 0 Å². The summed E-state index contributed by atoms with van der Waals surface area (Å²) in [6.45, 7) is 5.19. The number of amidine groups is 1. The molecule has 3 nitrogen and oxygen atoms in total. The molecule has 3 N–H and O–H groups in total. The molecule has 0 spiro atoms. The molecule has 0 aliphatic heterocycles. The minimum absolute atomic E-state index is 0.110. The molecule has 0 saturated carbocycles.